The summed E-state index contributed by atoms with van der Waals surface area (Å²) in [5, 5.41) is 14.1. The zero-order valence-corrected chi connectivity index (χ0v) is 16.2. The van der Waals surface area contributed by atoms with E-state index in [-0.39, 0.29) is 10.8 Å². The van der Waals surface area contributed by atoms with Crippen molar-refractivity contribution < 1.29 is 17.9 Å². The number of methoxy groups -OCH3 is 1. The largest absolute Gasteiger partial charge is 0.383 e. The Balaban J connectivity index is 1.99. The highest BCUT2D eigenvalue weighted by Gasteiger charge is 2.11. The molecule has 0 saturated heterocycles. The number of benzene rings is 2. The van der Waals surface area contributed by atoms with E-state index in [0.717, 1.165) is 5.69 Å². The summed E-state index contributed by atoms with van der Waals surface area (Å²) >= 11 is 5.15. The number of nitrogens with one attached hydrogen (secondary N) is 3. The first kappa shape index (κ1) is 20.8. The fourth-order valence-corrected chi connectivity index (χ4v) is 2.88. The van der Waals surface area contributed by atoms with Crippen LogP contribution in [0.4, 0.5) is 11.4 Å². The highest BCUT2D eigenvalue weighted by molar-refractivity contribution is 7.89. The maximum absolute atomic E-state index is 12.3. The third kappa shape index (κ3) is 6.61. The van der Waals surface area contributed by atoms with Crippen molar-refractivity contribution in [3.05, 3.63) is 54.1 Å². The molecule has 0 saturated carbocycles. The number of nitrogens with two attached hydrogens (primary N) is 1. The van der Waals surface area contributed by atoms with Crippen molar-refractivity contribution in [3.8, 4) is 0 Å². The minimum Gasteiger partial charge on any atom is -0.383 e. The van der Waals surface area contributed by atoms with Crippen molar-refractivity contribution in [2.24, 2.45) is 5.14 Å². The van der Waals surface area contributed by atoms with Gasteiger partial charge in [-0.1, -0.05) is 6.07 Å². The highest BCUT2D eigenvalue weighted by Crippen LogP contribution is 2.16. The van der Waals surface area contributed by atoms with Crippen LogP contribution in [0.15, 0.2) is 53.4 Å². The number of thiocarbonyl (C=S) groups is 1. The minimum absolute atomic E-state index is 0.0747. The van der Waals surface area contributed by atoms with Gasteiger partial charge in [0.25, 0.3) is 5.91 Å². The lowest BCUT2D eigenvalue weighted by atomic mass is 10.2. The molecular weight excluding hydrogens is 388 g/mol. The lowest BCUT2D eigenvalue weighted by Gasteiger charge is -2.11. The van der Waals surface area contributed by atoms with Crippen molar-refractivity contribution in [1.82, 2.24) is 5.32 Å². The summed E-state index contributed by atoms with van der Waals surface area (Å²) in [6.07, 6.45) is 0. The number of primary sulfonamides is 1. The molecule has 2 rings (SSSR count). The maximum atomic E-state index is 12.3. The second-order valence-electron chi connectivity index (χ2n) is 5.48. The van der Waals surface area contributed by atoms with E-state index in [4.69, 9.17) is 22.1 Å². The first-order valence-electron chi connectivity index (χ1n) is 7.87. The average Bonchev–Trinajstić information content (AvgIpc) is 2.62. The maximum Gasteiger partial charge on any atom is 0.255 e. The Morgan fingerprint density at radius 1 is 1.11 bits per heavy atom. The first-order valence-corrected chi connectivity index (χ1v) is 9.83. The number of rotatable bonds is 7. The fourth-order valence-electron chi connectivity index (χ4n) is 2.10. The molecule has 5 N–H and O–H groups in total. The Morgan fingerprint density at radius 2 is 1.81 bits per heavy atom. The summed E-state index contributed by atoms with van der Waals surface area (Å²) in [5.41, 5.74) is 1.45. The highest BCUT2D eigenvalue weighted by atomic mass is 32.2. The standard InChI is InChI=1S/C17H20N4O4S2/c1-25-10-9-19-17(26)21-13-7-5-12(6-8-13)16(22)20-14-3-2-4-15(11-14)27(18,23)24/h2-8,11H,9-10H2,1H3,(H,20,22)(H2,18,23,24)(H2,19,21,26). The zero-order chi connectivity index (χ0) is 19.9. The van der Waals surface area contributed by atoms with Crippen LogP contribution in [0.5, 0.6) is 0 Å². The SMILES string of the molecule is COCCNC(=S)Nc1ccc(C(=O)Nc2cccc(S(N)(=O)=O)c2)cc1. The lowest BCUT2D eigenvalue weighted by molar-refractivity contribution is 0.102. The van der Waals surface area contributed by atoms with Gasteiger partial charge in [0.05, 0.1) is 11.5 Å². The van der Waals surface area contributed by atoms with Gasteiger partial charge in [-0.3, -0.25) is 4.79 Å². The summed E-state index contributed by atoms with van der Waals surface area (Å²) < 4.78 is 27.7. The normalized spacial score (nSPS) is 10.9. The molecule has 144 valence electrons. The van der Waals surface area contributed by atoms with Crippen molar-refractivity contribution in [1.29, 1.82) is 0 Å². The van der Waals surface area contributed by atoms with Gasteiger partial charge in [-0.15, -0.1) is 0 Å². The van der Waals surface area contributed by atoms with Crippen LogP contribution < -0.4 is 21.1 Å². The van der Waals surface area contributed by atoms with Gasteiger partial charge in [0, 0.05) is 30.6 Å². The van der Waals surface area contributed by atoms with Crippen LogP contribution in [0, 0.1) is 0 Å². The summed E-state index contributed by atoms with van der Waals surface area (Å²) in [4.78, 5) is 12.2. The third-order valence-electron chi connectivity index (χ3n) is 3.42. The molecule has 10 heteroatoms. The van der Waals surface area contributed by atoms with Crippen LogP contribution in [0.3, 0.4) is 0 Å². The Hall–Kier alpha value is -2.53. The second kappa shape index (κ2) is 9.42. The molecule has 0 bridgehead atoms. The van der Waals surface area contributed by atoms with Crippen LogP contribution in [-0.2, 0) is 14.8 Å². The number of sulfonamides is 1. The molecular formula is C17H20N4O4S2. The predicted molar refractivity (Wildman–Crippen MR) is 108 cm³/mol. The van der Waals surface area contributed by atoms with E-state index in [1.807, 2.05) is 0 Å². The molecule has 0 radical (unpaired) electrons. The number of hydrogen-bond acceptors (Lipinski definition) is 5. The van der Waals surface area contributed by atoms with Crippen LogP contribution in [-0.4, -0.2) is 39.7 Å². The van der Waals surface area contributed by atoms with E-state index >= 15 is 0 Å². The van der Waals surface area contributed by atoms with Crippen molar-refractivity contribution in [2.45, 2.75) is 4.90 Å². The smallest absolute Gasteiger partial charge is 0.255 e. The number of hydrogen-bond donors (Lipinski definition) is 4. The van der Waals surface area contributed by atoms with Crippen molar-refractivity contribution in [2.75, 3.05) is 30.9 Å². The third-order valence-corrected chi connectivity index (χ3v) is 4.57. The molecule has 0 heterocycles. The molecule has 1 amide bonds. The minimum atomic E-state index is -3.84. The van der Waals surface area contributed by atoms with E-state index in [1.54, 1.807) is 37.4 Å². The van der Waals surface area contributed by atoms with Crippen LogP contribution in [0.2, 0.25) is 0 Å². The molecule has 0 unspecified atom stereocenters. The van der Waals surface area contributed by atoms with Gasteiger partial charge in [-0.2, -0.15) is 0 Å². The topological polar surface area (TPSA) is 123 Å². The molecule has 0 aliphatic rings. The summed E-state index contributed by atoms with van der Waals surface area (Å²) in [6, 6.07) is 12.4. The molecule has 8 nitrogen and oxygen atoms in total. The molecule has 0 spiro atoms. The quantitative estimate of drug-likeness (QED) is 0.405. The lowest BCUT2D eigenvalue weighted by Crippen LogP contribution is -2.31. The van der Waals surface area contributed by atoms with Gasteiger partial charge in [0.2, 0.25) is 10.0 Å². The zero-order valence-electron chi connectivity index (χ0n) is 14.6. The van der Waals surface area contributed by atoms with Gasteiger partial charge in [-0.05, 0) is 54.7 Å². The monoisotopic (exact) mass is 408 g/mol. The van der Waals surface area contributed by atoms with E-state index in [1.165, 1.54) is 18.2 Å². The van der Waals surface area contributed by atoms with E-state index in [0.29, 0.717) is 29.5 Å². The first-order chi connectivity index (χ1) is 12.8. The molecule has 2 aromatic carbocycles. The number of ether oxygens (including phenoxy) is 1. The van der Waals surface area contributed by atoms with Crippen LogP contribution in [0.25, 0.3) is 0 Å². The fraction of sp³-hybridized carbons (Fsp3) is 0.176. The number of carbonyl (C=O) groups is 1. The van der Waals surface area contributed by atoms with Gasteiger partial charge in [0.1, 0.15) is 0 Å². The molecule has 2 aromatic rings. The van der Waals surface area contributed by atoms with E-state index in [9.17, 15) is 13.2 Å². The molecule has 0 atom stereocenters. The Kier molecular flexibility index (Phi) is 7.25. The van der Waals surface area contributed by atoms with Crippen LogP contribution in [0.1, 0.15) is 10.4 Å². The van der Waals surface area contributed by atoms with Crippen molar-refractivity contribution in [3.63, 3.8) is 0 Å². The van der Waals surface area contributed by atoms with Crippen LogP contribution >= 0.6 is 12.2 Å². The van der Waals surface area contributed by atoms with Crippen molar-refractivity contribution >= 4 is 44.6 Å². The number of amides is 1. The summed E-state index contributed by atoms with van der Waals surface area (Å²) in [7, 11) is -2.23. The molecule has 27 heavy (non-hydrogen) atoms. The number of anilines is 2. The van der Waals surface area contributed by atoms with Gasteiger partial charge in [0.15, 0.2) is 5.11 Å². The molecule has 0 aromatic heterocycles. The van der Waals surface area contributed by atoms with Gasteiger partial charge < -0.3 is 20.7 Å². The molecule has 0 aliphatic carbocycles. The number of carbonyl (C=O) groups excluding carboxylic acids is 1. The second-order valence-corrected chi connectivity index (χ2v) is 7.45. The molecule has 0 fully saturated rings. The van der Waals surface area contributed by atoms with E-state index in [2.05, 4.69) is 16.0 Å². The van der Waals surface area contributed by atoms with Gasteiger partial charge >= 0.3 is 0 Å². The Bertz CT molecular complexity index is 915. The summed E-state index contributed by atoms with van der Waals surface area (Å²) in [6.45, 7) is 1.12. The van der Waals surface area contributed by atoms with E-state index < -0.39 is 10.0 Å². The van der Waals surface area contributed by atoms with Gasteiger partial charge in [-0.25, -0.2) is 13.6 Å². The Morgan fingerprint density at radius 3 is 2.44 bits per heavy atom. The summed E-state index contributed by atoms with van der Waals surface area (Å²) in [5.74, 6) is -0.381. The Labute approximate surface area is 163 Å². The molecule has 0 aliphatic heterocycles. The predicted octanol–water partition coefficient (Wildman–Crippen LogP) is 1.52. The average molecular weight is 409 g/mol.